The number of rotatable bonds is 6. The Balaban J connectivity index is 1.53. The van der Waals surface area contributed by atoms with Gasteiger partial charge in [-0.3, -0.25) is 9.59 Å². The molecule has 0 radical (unpaired) electrons. The number of thioether (sulfide) groups is 2. The molecule has 0 unspecified atom stereocenters. The van der Waals surface area contributed by atoms with Crippen molar-refractivity contribution < 1.29 is 9.59 Å². The molecule has 7 heteroatoms. The van der Waals surface area contributed by atoms with E-state index in [1.165, 1.54) is 0 Å². The Morgan fingerprint density at radius 2 is 1.93 bits per heavy atom. The number of amides is 2. The highest BCUT2D eigenvalue weighted by Gasteiger charge is 2.19. The lowest BCUT2D eigenvalue weighted by molar-refractivity contribution is -0.115. The van der Waals surface area contributed by atoms with Gasteiger partial charge in [-0.2, -0.15) is 11.8 Å². The van der Waals surface area contributed by atoms with E-state index in [0.29, 0.717) is 17.7 Å². The molecule has 1 heterocycles. The molecule has 148 valence electrons. The zero-order valence-electron chi connectivity index (χ0n) is 15.7. The van der Waals surface area contributed by atoms with E-state index in [1.807, 2.05) is 66.1 Å². The molecule has 28 heavy (non-hydrogen) atoms. The summed E-state index contributed by atoms with van der Waals surface area (Å²) in [6.45, 7) is 3.53. The smallest absolute Gasteiger partial charge is 0.253 e. The minimum Gasteiger partial charge on any atom is -0.337 e. The van der Waals surface area contributed by atoms with Crippen LogP contribution in [-0.2, 0) is 4.79 Å². The number of hydrogen-bond donors (Lipinski definition) is 1. The number of hydrogen-bond acceptors (Lipinski definition) is 4. The van der Waals surface area contributed by atoms with Gasteiger partial charge < -0.3 is 10.2 Å². The van der Waals surface area contributed by atoms with Gasteiger partial charge in [0.25, 0.3) is 5.91 Å². The fourth-order valence-electron chi connectivity index (χ4n) is 2.91. The zero-order chi connectivity index (χ0) is 19.9. The topological polar surface area (TPSA) is 49.4 Å². The van der Waals surface area contributed by atoms with Crippen molar-refractivity contribution in [1.29, 1.82) is 0 Å². The lowest BCUT2D eigenvalue weighted by atomic mass is 10.1. The maximum Gasteiger partial charge on any atom is 0.253 e. The van der Waals surface area contributed by atoms with Crippen LogP contribution in [0.2, 0.25) is 0 Å². The maximum atomic E-state index is 12.6. The Bertz CT molecular complexity index is 854. The molecule has 2 aromatic rings. The number of carbonyl (C=O) groups is 2. The van der Waals surface area contributed by atoms with Crippen molar-refractivity contribution in [3.63, 3.8) is 0 Å². The highest BCUT2D eigenvalue weighted by Crippen LogP contribution is 2.27. The molecule has 2 aromatic carbocycles. The standard InChI is InChI=1S/C21H23BrN2O2S2/c1-15-14-16(21(26)24-9-12-27-13-10-24)6-7-18(15)23-20(25)8-11-28-19-5-3-2-4-17(19)22/h2-7,14H,8-13H2,1H3,(H,23,25). The SMILES string of the molecule is Cc1cc(C(=O)N2CCSCC2)ccc1NC(=O)CCSc1ccccc1Br. The summed E-state index contributed by atoms with van der Waals surface area (Å²) in [5.74, 6) is 2.75. The van der Waals surface area contributed by atoms with Gasteiger partial charge in [-0.25, -0.2) is 0 Å². The summed E-state index contributed by atoms with van der Waals surface area (Å²) in [6, 6.07) is 13.5. The Morgan fingerprint density at radius 3 is 2.64 bits per heavy atom. The summed E-state index contributed by atoms with van der Waals surface area (Å²) in [7, 11) is 0. The summed E-state index contributed by atoms with van der Waals surface area (Å²) in [4.78, 5) is 27.9. The molecule has 1 saturated heterocycles. The third-order valence-electron chi connectivity index (χ3n) is 4.47. The second kappa shape index (κ2) is 10.4. The maximum absolute atomic E-state index is 12.6. The average molecular weight is 479 g/mol. The van der Waals surface area contributed by atoms with E-state index < -0.39 is 0 Å². The van der Waals surface area contributed by atoms with Crippen molar-refractivity contribution in [3.05, 3.63) is 58.1 Å². The molecular weight excluding hydrogens is 456 g/mol. The Morgan fingerprint density at radius 1 is 1.18 bits per heavy atom. The van der Waals surface area contributed by atoms with E-state index in [-0.39, 0.29) is 11.8 Å². The third kappa shape index (κ3) is 5.78. The third-order valence-corrected chi connectivity index (χ3v) is 7.44. The van der Waals surface area contributed by atoms with Gasteiger partial charge in [-0.15, -0.1) is 11.8 Å². The zero-order valence-corrected chi connectivity index (χ0v) is 19.0. The van der Waals surface area contributed by atoms with Crippen LogP contribution in [-0.4, -0.2) is 47.1 Å². The van der Waals surface area contributed by atoms with E-state index in [4.69, 9.17) is 0 Å². The van der Waals surface area contributed by atoms with Crippen molar-refractivity contribution in [2.75, 3.05) is 35.7 Å². The predicted octanol–water partition coefficient (Wildman–Crippen LogP) is 5.07. The normalized spacial score (nSPS) is 14.0. The van der Waals surface area contributed by atoms with E-state index in [2.05, 4.69) is 21.2 Å². The van der Waals surface area contributed by atoms with Gasteiger partial charge in [0.05, 0.1) is 0 Å². The Hall–Kier alpha value is -1.44. The average Bonchev–Trinajstić information content (AvgIpc) is 2.71. The largest absolute Gasteiger partial charge is 0.337 e. The monoisotopic (exact) mass is 478 g/mol. The van der Waals surface area contributed by atoms with Crippen molar-refractivity contribution in [3.8, 4) is 0 Å². The fraction of sp³-hybridized carbons (Fsp3) is 0.333. The van der Waals surface area contributed by atoms with Crippen molar-refractivity contribution in [2.45, 2.75) is 18.2 Å². The van der Waals surface area contributed by atoms with Crippen LogP contribution in [0.3, 0.4) is 0 Å². The van der Waals surface area contributed by atoms with E-state index in [9.17, 15) is 9.59 Å². The summed E-state index contributed by atoms with van der Waals surface area (Å²) in [5.41, 5.74) is 2.36. The second-order valence-electron chi connectivity index (χ2n) is 6.51. The second-order valence-corrected chi connectivity index (χ2v) is 9.73. The highest BCUT2D eigenvalue weighted by atomic mass is 79.9. The molecule has 1 aliphatic heterocycles. The first kappa shape index (κ1) is 21.3. The minimum atomic E-state index is -0.0187. The molecule has 0 aromatic heterocycles. The van der Waals surface area contributed by atoms with Gasteiger partial charge in [0.2, 0.25) is 5.91 Å². The van der Waals surface area contributed by atoms with Crippen LogP contribution in [0.25, 0.3) is 0 Å². The molecule has 0 spiro atoms. The summed E-state index contributed by atoms with van der Waals surface area (Å²) < 4.78 is 1.05. The molecule has 4 nitrogen and oxygen atoms in total. The van der Waals surface area contributed by atoms with E-state index in [0.717, 1.165) is 45.2 Å². The van der Waals surface area contributed by atoms with Crippen LogP contribution >= 0.6 is 39.5 Å². The van der Waals surface area contributed by atoms with Gasteiger partial charge in [-0.1, -0.05) is 12.1 Å². The van der Waals surface area contributed by atoms with Crippen LogP contribution in [0, 0.1) is 6.92 Å². The number of benzene rings is 2. The fourth-order valence-corrected chi connectivity index (χ4v) is 5.33. The van der Waals surface area contributed by atoms with Crippen LogP contribution in [0.15, 0.2) is 51.8 Å². The quantitative estimate of drug-likeness (QED) is 0.588. The van der Waals surface area contributed by atoms with Gasteiger partial charge in [0, 0.05) is 57.4 Å². The van der Waals surface area contributed by atoms with E-state index in [1.54, 1.807) is 11.8 Å². The van der Waals surface area contributed by atoms with Gasteiger partial charge in [0.1, 0.15) is 0 Å². The molecule has 0 aliphatic carbocycles. The number of nitrogens with zero attached hydrogens (tertiary/aromatic N) is 1. The molecular formula is C21H23BrN2O2S2. The molecule has 1 fully saturated rings. The van der Waals surface area contributed by atoms with Crippen LogP contribution in [0.5, 0.6) is 0 Å². The minimum absolute atomic E-state index is 0.0187. The van der Waals surface area contributed by atoms with Crippen molar-refractivity contribution in [2.24, 2.45) is 0 Å². The molecule has 3 rings (SSSR count). The van der Waals surface area contributed by atoms with E-state index >= 15 is 0 Å². The lowest BCUT2D eigenvalue weighted by Crippen LogP contribution is -2.37. The summed E-state index contributed by atoms with van der Waals surface area (Å²) in [5, 5.41) is 2.96. The predicted molar refractivity (Wildman–Crippen MR) is 123 cm³/mol. The first-order valence-electron chi connectivity index (χ1n) is 9.19. The van der Waals surface area contributed by atoms with Crippen molar-refractivity contribution in [1.82, 2.24) is 4.90 Å². The number of carbonyl (C=O) groups excluding carboxylic acids is 2. The summed E-state index contributed by atoms with van der Waals surface area (Å²) >= 11 is 7.06. The first-order valence-corrected chi connectivity index (χ1v) is 12.1. The van der Waals surface area contributed by atoms with Crippen LogP contribution < -0.4 is 5.32 Å². The van der Waals surface area contributed by atoms with Gasteiger partial charge in [-0.05, 0) is 58.7 Å². The van der Waals surface area contributed by atoms with Crippen molar-refractivity contribution >= 4 is 57.0 Å². The molecule has 0 bridgehead atoms. The number of nitrogens with one attached hydrogen (secondary N) is 1. The Kier molecular flexibility index (Phi) is 7.88. The van der Waals surface area contributed by atoms with Crippen LogP contribution in [0.1, 0.15) is 22.3 Å². The van der Waals surface area contributed by atoms with Crippen LogP contribution in [0.4, 0.5) is 5.69 Å². The number of aryl methyl sites for hydroxylation is 1. The molecule has 0 saturated carbocycles. The van der Waals surface area contributed by atoms with Gasteiger partial charge in [0.15, 0.2) is 0 Å². The number of halogens is 1. The summed E-state index contributed by atoms with van der Waals surface area (Å²) in [6.07, 6.45) is 0.428. The number of anilines is 1. The lowest BCUT2D eigenvalue weighted by Gasteiger charge is -2.26. The van der Waals surface area contributed by atoms with Gasteiger partial charge >= 0.3 is 0 Å². The first-order chi connectivity index (χ1) is 13.5. The Labute approximate surface area is 183 Å². The highest BCUT2D eigenvalue weighted by molar-refractivity contribution is 9.10. The molecule has 1 N–H and O–H groups in total. The molecule has 1 aliphatic rings. The molecule has 0 atom stereocenters. The molecule has 2 amide bonds.